The molecule has 0 atom stereocenters. The largest absolute Gasteiger partial charge is 0.474 e. The molecule has 0 amide bonds. The summed E-state index contributed by atoms with van der Waals surface area (Å²) in [5, 5.41) is 3.15. The van der Waals surface area contributed by atoms with Gasteiger partial charge in [-0.2, -0.15) is 4.98 Å². The number of nitrogens with two attached hydrogens (primary N) is 1. The maximum Gasteiger partial charge on any atom is 0.242 e. The molecule has 1 aromatic rings. The van der Waals surface area contributed by atoms with Crippen LogP contribution in [0, 0.1) is 0 Å². The number of nitrogens with zero attached hydrogens (tertiary/aromatic N) is 3. The van der Waals surface area contributed by atoms with Crippen molar-refractivity contribution in [2.45, 2.75) is 0 Å². The molecule has 3 N–H and O–H groups in total. The van der Waals surface area contributed by atoms with E-state index in [1.165, 1.54) is 6.33 Å². The molecule has 0 fully saturated rings. The van der Waals surface area contributed by atoms with Gasteiger partial charge >= 0.3 is 0 Å². The molecule has 0 saturated carbocycles. The summed E-state index contributed by atoms with van der Waals surface area (Å²) < 4.78 is 10.3. The maximum absolute atomic E-state index is 5.92. The first-order valence-electron chi connectivity index (χ1n) is 5.76. The van der Waals surface area contributed by atoms with Crippen molar-refractivity contribution in [3.05, 3.63) is 6.33 Å². The van der Waals surface area contributed by atoms with Gasteiger partial charge in [0.2, 0.25) is 5.88 Å². The fraction of sp³-hybridized carbons (Fsp3) is 0.636. The van der Waals surface area contributed by atoms with E-state index in [-0.39, 0.29) is 0 Å². The van der Waals surface area contributed by atoms with E-state index in [0.29, 0.717) is 30.6 Å². The van der Waals surface area contributed by atoms with Crippen molar-refractivity contribution in [1.29, 1.82) is 0 Å². The first-order valence-corrected chi connectivity index (χ1v) is 5.76. The van der Waals surface area contributed by atoms with Crippen molar-refractivity contribution >= 4 is 11.5 Å². The highest BCUT2D eigenvalue weighted by atomic mass is 16.5. The molecule has 0 aromatic carbocycles. The van der Waals surface area contributed by atoms with Gasteiger partial charge in [-0.1, -0.05) is 0 Å². The topological polar surface area (TPSA) is 85.5 Å². The van der Waals surface area contributed by atoms with Crippen LogP contribution in [0.25, 0.3) is 0 Å². The average Bonchev–Trinajstić information content (AvgIpc) is 2.33. The van der Waals surface area contributed by atoms with E-state index in [0.717, 1.165) is 13.1 Å². The van der Waals surface area contributed by atoms with Gasteiger partial charge in [-0.15, -0.1) is 0 Å². The molecule has 0 aliphatic heterocycles. The molecule has 7 heteroatoms. The molecule has 1 rings (SSSR count). The highest BCUT2D eigenvalue weighted by molar-refractivity contribution is 5.66. The standard InChI is InChI=1S/C11H21N5O2/c1-16(2)5-4-13-10-9(12)11(15-8-14-10)18-7-6-17-3/h8H,4-7,12H2,1-3H3,(H,13,14,15). The molecular formula is C11H21N5O2. The molecule has 0 saturated heterocycles. The van der Waals surface area contributed by atoms with E-state index in [4.69, 9.17) is 15.2 Å². The number of rotatable bonds is 8. The van der Waals surface area contributed by atoms with Crippen LogP contribution in [-0.4, -0.2) is 62.4 Å². The van der Waals surface area contributed by atoms with E-state index in [9.17, 15) is 0 Å². The van der Waals surface area contributed by atoms with Crippen LogP contribution in [0.5, 0.6) is 5.88 Å². The lowest BCUT2D eigenvalue weighted by Gasteiger charge is -2.13. The van der Waals surface area contributed by atoms with Gasteiger partial charge in [-0.05, 0) is 14.1 Å². The minimum atomic E-state index is 0.384. The fourth-order valence-electron chi connectivity index (χ4n) is 1.25. The van der Waals surface area contributed by atoms with Gasteiger partial charge < -0.3 is 25.4 Å². The molecule has 0 radical (unpaired) electrons. The van der Waals surface area contributed by atoms with Gasteiger partial charge in [0.15, 0.2) is 5.82 Å². The van der Waals surface area contributed by atoms with E-state index in [2.05, 4.69) is 20.2 Å². The average molecular weight is 255 g/mol. The number of nitrogen functional groups attached to an aromatic ring is 1. The molecular weight excluding hydrogens is 234 g/mol. The van der Waals surface area contributed by atoms with Gasteiger partial charge in [0, 0.05) is 20.2 Å². The van der Waals surface area contributed by atoms with Crippen LogP contribution in [-0.2, 0) is 4.74 Å². The van der Waals surface area contributed by atoms with Gasteiger partial charge in [0.05, 0.1) is 6.61 Å². The van der Waals surface area contributed by atoms with Crippen molar-refractivity contribution in [2.75, 3.05) is 58.6 Å². The molecule has 0 aliphatic carbocycles. The predicted octanol–water partition coefficient (Wildman–Crippen LogP) is 0.0575. The molecule has 102 valence electrons. The Labute approximate surface area is 107 Å². The molecule has 0 spiro atoms. The Morgan fingerprint density at radius 1 is 1.33 bits per heavy atom. The highest BCUT2D eigenvalue weighted by Crippen LogP contribution is 2.24. The van der Waals surface area contributed by atoms with Gasteiger partial charge in [-0.3, -0.25) is 0 Å². The predicted molar refractivity (Wildman–Crippen MR) is 70.9 cm³/mol. The molecule has 0 unspecified atom stereocenters. The molecule has 1 aromatic heterocycles. The number of methoxy groups -OCH3 is 1. The number of ether oxygens (including phenoxy) is 2. The second kappa shape index (κ2) is 7.67. The van der Waals surface area contributed by atoms with Crippen LogP contribution in [0.4, 0.5) is 11.5 Å². The van der Waals surface area contributed by atoms with Crippen molar-refractivity contribution in [2.24, 2.45) is 0 Å². The van der Waals surface area contributed by atoms with Crippen molar-refractivity contribution in [1.82, 2.24) is 14.9 Å². The second-order valence-electron chi connectivity index (χ2n) is 4.01. The van der Waals surface area contributed by atoms with Crippen LogP contribution < -0.4 is 15.8 Å². The summed E-state index contributed by atoms with van der Waals surface area (Å²) in [6.45, 7) is 2.55. The Morgan fingerprint density at radius 2 is 2.11 bits per heavy atom. The third kappa shape index (κ3) is 4.72. The van der Waals surface area contributed by atoms with E-state index in [1.54, 1.807) is 7.11 Å². The minimum absolute atomic E-state index is 0.384. The van der Waals surface area contributed by atoms with E-state index < -0.39 is 0 Å². The van der Waals surface area contributed by atoms with E-state index >= 15 is 0 Å². The summed E-state index contributed by atoms with van der Waals surface area (Å²) in [5.41, 5.74) is 6.34. The summed E-state index contributed by atoms with van der Waals surface area (Å²) in [6.07, 6.45) is 1.43. The Morgan fingerprint density at radius 3 is 2.78 bits per heavy atom. The lowest BCUT2D eigenvalue weighted by molar-refractivity contribution is 0.144. The van der Waals surface area contributed by atoms with Crippen molar-refractivity contribution < 1.29 is 9.47 Å². The summed E-state index contributed by atoms with van der Waals surface area (Å²) in [7, 11) is 5.62. The summed E-state index contributed by atoms with van der Waals surface area (Å²) >= 11 is 0. The number of nitrogens with one attached hydrogen (secondary N) is 1. The zero-order valence-electron chi connectivity index (χ0n) is 11.1. The Kier molecular flexibility index (Phi) is 6.16. The summed E-state index contributed by atoms with van der Waals surface area (Å²) in [6, 6.07) is 0. The van der Waals surface area contributed by atoms with Crippen molar-refractivity contribution in [3.63, 3.8) is 0 Å². The SMILES string of the molecule is COCCOc1ncnc(NCCN(C)C)c1N. The van der Waals surface area contributed by atoms with E-state index in [1.807, 2.05) is 14.1 Å². The highest BCUT2D eigenvalue weighted by Gasteiger charge is 2.08. The van der Waals surface area contributed by atoms with Crippen LogP contribution in [0.2, 0.25) is 0 Å². The fourth-order valence-corrected chi connectivity index (χ4v) is 1.25. The molecule has 18 heavy (non-hydrogen) atoms. The van der Waals surface area contributed by atoms with Gasteiger partial charge in [-0.25, -0.2) is 4.98 Å². The van der Waals surface area contributed by atoms with Gasteiger partial charge in [0.25, 0.3) is 0 Å². The number of anilines is 2. The molecule has 7 nitrogen and oxygen atoms in total. The summed E-state index contributed by atoms with van der Waals surface area (Å²) in [4.78, 5) is 10.1. The molecule has 1 heterocycles. The second-order valence-corrected chi connectivity index (χ2v) is 4.01. The number of hydrogen-bond donors (Lipinski definition) is 2. The maximum atomic E-state index is 5.92. The minimum Gasteiger partial charge on any atom is -0.474 e. The first kappa shape index (κ1) is 14.5. The van der Waals surface area contributed by atoms with Crippen molar-refractivity contribution in [3.8, 4) is 5.88 Å². The third-order valence-electron chi connectivity index (χ3n) is 2.23. The number of aromatic nitrogens is 2. The smallest absolute Gasteiger partial charge is 0.242 e. The quantitative estimate of drug-likeness (QED) is 0.635. The zero-order valence-corrected chi connectivity index (χ0v) is 11.1. The molecule has 0 bridgehead atoms. The third-order valence-corrected chi connectivity index (χ3v) is 2.23. The number of hydrogen-bond acceptors (Lipinski definition) is 7. The first-order chi connectivity index (χ1) is 8.65. The van der Waals surface area contributed by atoms with Crippen LogP contribution in [0.1, 0.15) is 0 Å². The lowest BCUT2D eigenvalue weighted by atomic mass is 10.4. The summed E-state index contributed by atoms with van der Waals surface area (Å²) in [5.74, 6) is 0.980. The van der Waals surface area contributed by atoms with Crippen LogP contribution in [0.15, 0.2) is 6.33 Å². The van der Waals surface area contributed by atoms with Crippen LogP contribution in [0.3, 0.4) is 0 Å². The molecule has 0 aliphatic rings. The van der Waals surface area contributed by atoms with Gasteiger partial charge in [0.1, 0.15) is 18.6 Å². The van der Waals surface area contributed by atoms with Crippen LogP contribution >= 0.6 is 0 Å². The Balaban J connectivity index is 2.55. The Hall–Kier alpha value is -1.60. The zero-order chi connectivity index (χ0) is 13.4. The normalized spacial score (nSPS) is 10.7. The Bertz CT molecular complexity index is 359. The lowest BCUT2D eigenvalue weighted by Crippen LogP contribution is -2.21. The monoisotopic (exact) mass is 255 g/mol. The number of likely N-dealkylation sites (N-methyl/N-ethyl adjacent to an activating group) is 1.